The molecule has 2 aromatic rings. The summed E-state index contributed by atoms with van der Waals surface area (Å²) in [6.45, 7) is 1.88. The molecule has 3 nitrogen and oxygen atoms in total. The van der Waals surface area contributed by atoms with E-state index in [2.05, 4.69) is 4.98 Å². The predicted molar refractivity (Wildman–Crippen MR) is 71.2 cm³/mol. The van der Waals surface area contributed by atoms with Crippen molar-refractivity contribution < 1.29 is 4.79 Å². The Labute approximate surface area is 109 Å². The molecule has 0 aliphatic heterocycles. The molecule has 0 unspecified atom stereocenters. The largest absolute Gasteiger partial charge is 0.288 e. The fourth-order valence-electron chi connectivity index (χ4n) is 1.49. The predicted octanol–water partition coefficient (Wildman–Crippen LogP) is 3.24. The second-order valence-electron chi connectivity index (χ2n) is 3.66. The van der Waals surface area contributed by atoms with Gasteiger partial charge < -0.3 is 0 Å². The van der Waals surface area contributed by atoms with Gasteiger partial charge in [0.05, 0.1) is 10.7 Å². The third kappa shape index (κ3) is 2.70. The summed E-state index contributed by atoms with van der Waals surface area (Å²) in [5.74, 6) is -0.274. The number of hydrogen-bond donors (Lipinski definition) is 0. The average Bonchev–Trinajstić information content (AvgIpc) is 2.82. The van der Waals surface area contributed by atoms with Gasteiger partial charge in [-0.2, -0.15) is 5.26 Å². The summed E-state index contributed by atoms with van der Waals surface area (Å²) in [6, 6.07) is 10.7. The third-order valence-electron chi connectivity index (χ3n) is 2.33. The van der Waals surface area contributed by atoms with E-state index in [9.17, 15) is 4.79 Å². The monoisotopic (exact) mass is 254 g/mol. The lowest BCUT2D eigenvalue weighted by Gasteiger charge is -1.97. The summed E-state index contributed by atoms with van der Waals surface area (Å²) in [5.41, 5.74) is 1.27. The van der Waals surface area contributed by atoms with Crippen LogP contribution in [0.15, 0.2) is 41.3 Å². The van der Waals surface area contributed by atoms with Crippen molar-refractivity contribution in [2.75, 3.05) is 0 Å². The molecule has 1 aromatic carbocycles. The normalized spacial score (nSPS) is 11.0. The maximum Gasteiger partial charge on any atom is 0.203 e. The number of aromatic nitrogens is 1. The van der Waals surface area contributed by atoms with Gasteiger partial charge in [0, 0.05) is 10.9 Å². The molecule has 0 saturated carbocycles. The molecule has 0 bridgehead atoms. The van der Waals surface area contributed by atoms with Gasteiger partial charge in [0.25, 0.3) is 0 Å². The van der Waals surface area contributed by atoms with E-state index in [1.807, 2.05) is 24.4 Å². The van der Waals surface area contributed by atoms with Gasteiger partial charge in [-0.25, -0.2) is 4.98 Å². The number of allylic oxidation sites excluding steroid dienone is 1. The third-order valence-corrected chi connectivity index (χ3v) is 3.12. The molecular weight excluding hydrogens is 244 g/mol. The molecule has 0 amide bonds. The lowest BCUT2D eigenvalue weighted by molar-refractivity contribution is 0.104. The van der Waals surface area contributed by atoms with Gasteiger partial charge in [-0.3, -0.25) is 4.79 Å². The highest BCUT2D eigenvalue weighted by atomic mass is 32.1. The van der Waals surface area contributed by atoms with Crippen LogP contribution in [0, 0.1) is 18.3 Å². The average molecular weight is 254 g/mol. The Morgan fingerprint density at radius 1 is 1.39 bits per heavy atom. The summed E-state index contributed by atoms with van der Waals surface area (Å²) in [6.07, 6.45) is 1.53. The molecule has 0 aliphatic rings. The highest BCUT2D eigenvalue weighted by Gasteiger charge is 2.12. The van der Waals surface area contributed by atoms with Gasteiger partial charge in [-0.05, 0) is 13.0 Å². The van der Waals surface area contributed by atoms with Crippen molar-refractivity contribution >= 4 is 23.2 Å². The molecule has 2 rings (SSSR count). The van der Waals surface area contributed by atoms with Gasteiger partial charge in [-0.15, -0.1) is 11.3 Å². The zero-order chi connectivity index (χ0) is 13.0. The molecular formula is C14H10N2OS. The van der Waals surface area contributed by atoms with Crippen molar-refractivity contribution in [1.82, 2.24) is 4.98 Å². The minimum atomic E-state index is -0.274. The molecule has 88 valence electrons. The smallest absolute Gasteiger partial charge is 0.203 e. The highest BCUT2D eigenvalue weighted by molar-refractivity contribution is 7.09. The molecule has 0 spiro atoms. The number of nitrogens with zero attached hydrogens (tertiary/aromatic N) is 2. The van der Waals surface area contributed by atoms with E-state index in [1.165, 1.54) is 17.4 Å². The minimum absolute atomic E-state index is 0.103. The van der Waals surface area contributed by atoms with Gasteiger partial charge in [0.2, 0.25) is 5.78 Å². The first-order valence-electron chi connectivity index (χ1n) is 5.34. The van der Waals surface area contributed by atoms with E-state index >= 15 is 0 Å². The highest BCUT2D eigenvalue weighted by Crippen LogP contribution is 2.14. The topological polar surface area (TPSA) is 53.8 Å². The van der Waals surface area contributed by atoms with E-state index in [0.29, 0.717) is 11.3 Å². The number of carbonyl (C=O) groups is 1. The first kappa shape index (κ1) is 12.2. The van der Waals surface area contributed by atoms with Gasteiger partial charge in [0.1, 0.15) is 11.6 Å². The summed E-state index contributed by atoms with van der Waals surface area (Å²) in [7, 11) is 0. The van der Waals surface area contributed by atoms with Crippen molar-refractivity contribution in [2.24, 2.45) is 0 Å². The quantitative estimate of drug-likeness (QED) is 0.480. The lowest BCUT2D eigenvalue weighted by atomic mass is 10.0. The summed E-state index contributed by atoms with van der Waals surface area (Å²) < 4.78 is 0. The van der Waals surface area contributed by atoms with Gasteiger partial charge in [-0.1, -0.05) is 30.3 Å². The Hall–Kier alpha value is -2.25. The Bertz CT molecular complexity index is 635. The lowest BCUT2D eigenvalue weighted by Crippen LogP contribution is -2.01. The number of carbonyl (C=O) groups excluding carboxylic acids is 1. The van der Waals surface area contributed by atoms with E-state index in [-0.39, 0.29) is 11.4 Å². The molecule has 0 saturated heterocycles. The number of benzene rings is 1. The van der Waals surface area contributed by atoms with Crippen LogP contribution in [0.25, 0.3) is 6.08 Å². The molecule has 1 heterocycles. The van der Waals surface area contributed by atoms with E-state index in [0.717, 1.165) is 5.01 Å². The molecule has 18 heavy (non-hydrogen) atoms. The first-order valence-corrected chi connectivity index (χ1v) is 6.22. The van der Waals surface area contributed by atoms with Crippen LogP contribution in [-0.2, 0) is 0 Å². The van der Waals surface area contributed by atoms with Gasteiger partial charge >= 0.3 is 0 Å². The summed E-state index contributed by atoms with van der Waals surface area (Å²) in [5, 5.41) is 11.8. The number of nitriles is 1. The maximum absolute atomic E-state index is 12.1. The summed E-state index contributed by atoms with van der Waals surface area (Å²) >= 11 is 1.49. The zero-order valence-electron chi connectivity index (χ0n) is 9.75. The van der Waals surface area contributed by atoms with Crippen molar-refractivity contribution in [3.05, 3.63) is 57.6 Å². The fraction of sp³-hybridized carbons (Fsp3) is 0.0714. The van der Waals surface area contributed by atoms with Gasteiger partial charge in [0.15, 0.2) is 0 Å². The first-order chi connectivity index (χ1) is 8.70. The number of ketones is 1. The van der Waals surface area contributed by atoms with Crippen molar-refractivity contribution in [2.45, 2.75) is 6.92 Å². The van der Waals surface area contributed by atoms with Crippen LogP contribution in [-0.4, -0.2) is 10.8 Å². The number of aryl methyl sites for hydroxylation is 1. The Morgan fingerprint density at radius 2 is 2.11 bits per heavy atom. The van der Waals surface area contributed by atoms with Crippen molar-refractivity contribution in [3.63, 3.8) is 0 Å². The Kier molecular flexibility index (Phi) is 3.66. The number of hydrogen-bond acceptors (Lipinski definition) is 4. The molecule has 1 aromatic heterocycles. The fourth-order valence-corrected chi connectivity index (χ4v) is 2.06. The maximum atomic E-state index is 12.1. The molecule has 0 radical (unpaired) electrons. The second kappa shape index (κ2) is 5.39. The van der Waals surface area contributed by atoms with Crippen molar-refractivity contribution in [1.29, 1.82) is 5.26 Å². The molecule has 0 atom stereocenters. The molecule has 0 aliphatic carbocycles. The zero-order valence-corrected chi connectivity index (χ0v) is 10.6. The number of rotatable bonds is 3. The van der Waals surface area contributed by atoms with Crippen LogP contribution >= 0.6 is 11.3 Å². The van der Waals surface area contributed by atoms with Crippen LogP contribution in [0.3, 0.4) is 0 Å². The molecule has 0 fully saturated rings. The number of thiazole rings is 1. The Balaban J connectivity index is 2.33. The van der Waals surface area contributed by atoms with E-state index in [1.54, 1.807) is 24.3 Å². The van der Waals surface area contributed by atoms with E-state index < -0.39 is 0 Å². The number of Topliss-reactive ketones (excluding diaryl/α,β-unsaturated/α-hetero) is 1. The molecule has 4 heteroatoms. The van der Waals surface area contributed by atoms with Crippen LogP contribution in [0.1, 0.15) is 21.1 Å². The minimum Gasteiger partial charge on any atom is -0.288 e. The standard InChI is InChI=1S/C14H10N2OS/c1-10-16-13(9-18-10)7-12(8-15)14(17)11-5-3-2-4-6-11/h2-7,9H,1H3/b12-7+. The second-order valence-corrected chi connectivity index (χ2v) is 4.72. The summed E-state index contributed by atoms with van der Waals surface area (Å²) in [4.78, 5) is 16.3. The van der Waals surface area contributed by atoms with Crippen LogP contribution in [0.2, 0.25) is 0 Å². The van der Waals surface area contributed by atoms with Crippen LogP contribution in [0.4, 0.5) is 0 Å². The van der Waals surface area contributed by atoms with Crippen LogP contribution < -0.4 is 0 Å². The molecule has 0 N–H and O–H groups in total. The SMILES string of the molecule is Cc1nc(/C=C(\C#N)C(=O)c2ccccc2)cs1. The van der Waals surface area contributed by atoms with Crippen LogP contribution in [0.5, 0.6) is 0 Å². The van der Waals surface area contributed by atoms with Crippen molar-refractivity contribution in [3.8, 4) is 6.07 Å². The van der Waals surface area contributed by atoms with E-state index in [4.69, 9.17) is 5.26 Å². The Morgan fingerprint density at radius 3 is 2.67 bits per heavy atom.